The highest BCUT2D eigenvalue weighted by molar-refractivity contribution is 7.99. The molecule has 1 nitrogen and oxygen atoms in total. The van der Waals surface area contributed by atoms with Crippen molar-refractivity contribution in [3.05, 3.63) is 36.4 Å². The van der Waals surface area contributed by atoms with E-state index in [0.717, 1.165) is 0 Å². The fourth-order valence-electron chi connectivity index (χ4n) is 3.97. The SMILES string of the molecule is C[Si]1(C)c2cc3ccccc3cc2SC[N+]1=C1CCCCC1. The maximum absolute atomic E-state index is 2.83. The van der Waals surface area contributed by atoms with Gasteiger partial charge in [-0.05, 0) is 48.8 Å². The molecule has 0 bridgehead atoms. The summed E-state index contributed by atoms with van der Waals surface area (Å²) < 4.78 is 2.83. The van der Waals surface area contributed by atoms with Crippen molar-refractivity contribution < 1.29 is 4.24 Å². The lowest BCUT2D eigenvalue weighted by molar-refractivity contribution is -0.375. The summed E-state index contributed by atoms with van der Waals surface area (Å²) in [6, 6.07) is 13.7. The molecule has 0 atom stereocenters. The lowest BCUT2D eigenvalue weighted by atomic mass is 9.99. The molecule has 1 heterocycles. The lowest BCUT2D eigenvalue weighted by Crippen LogP contribution is -2.57. The van der Waals surface area contributed by atoms with Crippen LogP contribution in [0, 0.1) is 0 Å². The Morgan fingerprint density at radius 2 is 1.64 bits per heavy atom. The Morgan fingerprint density at radius 3 is 2.36 bits per heavy atom. The molecule has 2 aliphatic rings. The van der Waals surface area contributed by atoms with E-state index in [0.29, 0.717) is 0 Å². The van der Waals surface area contributed by atoms with Gasteiger partial charge in [0.15, 0.2) is 5.88 Å². The molecule has 2 aromatic rings. The first-order chi connectivity index (χ1) is 10.7. The highest BCUT2D eigenvalue weighted by atomic mass is 32.2. The van der Waals surface area contributed by atoms with Crippen molar-refractivity contribution in [2.75, 3.05) is 5.88 Å². The number of benzene rings is 2. The predicted octanol–water partition coefficient (Wildman–Crippen LogP) is 4.73. The summed E-state index contributed by atoms with van der Waals surface area (Å²) >= 11 is 2.05. The Labute approximate surface area is 138 Å². The monoisotopic (exact) mass is 326 g/mol. The summed E-state index contributed by atoms with van der Waals surface area (Å²) in [5.41, 5.74) is 1.74. The second-order valence-electron chi connectivity index (χ2n) is 7.08. The first kappa shape index (κ1) is 14.5. The molecule has 0 aromatic heterocycles. The van der Waals surface area contributed by atoms with E-state index >= 15 is 0 Å². The van der Waals surface area contributed by atoms with Gasteiger partial charge in [-0.1, -0.05) is 42.4 Å². The number of hydrogen-bond donors (Lipinski definition) is 0. The van der Waals surface area contributed by atoms with Crippen LogP contribution in [0.5, 0.6) is 0 Å². The fourth-order valence-corrected chi connectivity index (χ4v) is 9.79. The van der Waals surface area contributed by atoms with Crippen LogP contribution in [0.1, 0.15) is 32.1 Å². The number of rotatable bonds is 0. The van der Waals surface area contributed by atoms with Crippen LogP contribution in [0.25, 0.3) is 10.8 Å². The van der Waals surface area contributed by atoms with Gasteiger partial charge in [-0.2, -0.15) is 0 Å². The van der Waals surface area contributed by atoms with Gasteiger partial charge in [0.2, 0.25) is 0 Å². The Balaban J connectivity index is 1.86. The van der Waals surface area contributed by atoms with Crippen molar-refractivity contribution in [3.8, 4) is 0 Å². The molecule has 0 spiro atoms. The lowest BCUT2D eigenvalue weighted by Gasteiger charge is -2.30. The molecular weight excluding hydrogens is 302 g/mol. The number of thioether (sulfide) groups is 1. The van der Waals surface area contributed by atoms with Gasteiger partial charge in [0.1, 0.15) is 5.71 Å². The van der Waals surface area contributed by atoms with Crippen molar-refractivity contribution in [1.29, 1.82) is 0 Å². The van der Waals surface area contributed by atoms with Gasteiger partial charge in [0.25, 0.3) is 0 Å². The average molecular weight is 327 g/mol. The molecule has 0 N–H and O–H groups in total. The maximum atomic E-state index is 2.83. The van der Waals surface area contributed by atoms with Crippen LogP contribution in [0.2, 0.25) is 13.1 Å². The minimum atomic E-state index is -1.57. The van der Waals surface area contributed by atoms with E-state index in [9.17, 15) is 0 Å². The Hall–Kier alpha value is -1.06. The number of fused-ring (bicyclic) bond motifs is 2. The van der Waals surface area contributed by atoms with Crippen molar-refractivity contribution in [2.45, 2.75) is 50.1 Å². The standard InChI is InChI=1S/C19H24NSSi/c1-22(2)19-13-16-9-7-6-8-15(16)12-18(19)21-14-20(22)17-10-4-3-5-11-17/h6-9,12-13H,3-5,10-11,14H2,1-2H3/q+1. The van der Waals surface area contributed by atoms with E-state index in [1.807, 2.05) is 11.8 Å². The summed E-state index contributed by atoms with van der Waals surface area (Å²) in [7, 11) is -1.57. The van der Waals surface area contributed by atoms with Crippen LogP contribution >= 0.6 is 11.8 Å². The quantitative estimate of drug-likeness (QED) is 0.632. The summed E-state index contributed by atoms with van der Waals surface area (Å²) in [5, 5.41) is 4.43. The summed E-state index contributed by atoms with van der Waals surface area (Å²) in [5.74, 6) is 1.17. The molecule has 22 heavy (non-hydrogen) atoms. The van der Waals surface area contributed by atoms with Crippen LogP contribution in [-0.2, 0) is 0 Å². The second-order valence-corrected chi connectivity index (χ2v) is 12.3. The van der Waals surface area contributed by atoms with Gasteiger partial charge in [0, 0.05) is 22.9 Å². The molecule has 2 aromatic carbocycles. The average Bonchev–Trinajstić information content (AvgIpc) is 2.54. The summed E-state index contributed by atoms with van der Waals surface area (Å²) in [6.07, 6.45) is 6.88. The molecule has 1 aliphatic heterocycles. The zero-order valence-corrected chi connectivity index (χ0v) is 15.4. The smallest absolute Gasteiger partial charge is 0.298 e. The van der Waals surface area contributed by atoms with E-state index in [4.69, 9.17) is 0 Å². The van der Waals surface area contributed by atoms with E-state index < -0.39 is 8.24 Å². The van der Waals surface area contributed by atoms with Crippen LogP contribution in [0.4, 0.5) is 0 Å². The van der Waals surface area contributed by atoms with E-state index in [1.54, 1.807) is 10.9 Å². The zero-order chi connectivity index (χ0) is 15.2. The van der Waals surface area contributed by atoms with Crippen LogP contribution < -0.4 is 5.19 Å². The van der Waals surface area contributed by atoms with Gasteiger partial charge >= 0.3 is 8.24 Å². The molecule has 1 fully saturated rings. The highest BCUT2D eigenvalue weighted by Crippen LogP contribution is 2.31. The molecule has 3 heteroatoms. The maximum Gasteiger partial charge on any atom is 0.386 e. The minimum absolute atomic E-state index is 1.17. The van der Waals surface area contributed by atoms with E-state index in [1.165, 1.54) is 53.6 Å². The third-order valence-electron chi connectivity index (χ3n) is 5.34. The van der Waals surface area contributed by atoms with Crippen LogP contribution in [0.3, 0.4) is 0 Å². The topological polar surface area (TPSA) is 3.01 Å². The Kier molecular flexibility index (Phi) is 3.65. The molecule has 1 saturated carbocycles. The van der Waals surface area contributed by atoms with Crippen molar-refractivity contribution in [1.82, 2.24) is 0 Å². The number of hydrogen-bond acceptors (Lipinski definition) is 1. The summed E-state index contributed by atoms with van der Waals surface area (Å²) in [6.45, 7) is 5.09. The second kappa shape index (κ2) is 5.54. The third-order valence-corrected chi connectivity index (χ3v) is 10.3. The molecule has 0 saturated heterocycles. The molecular formula is C19H24NSSi+. The van der Waals surface area contributed by atoms with Crippen LogP contribution in [0.15, 0.2) is 41.3 Å². The van der Waals surface area contributed by atoms with E-state index in [-0.39, 0.29) is 0 Å². The molecule has 1 aliphatic carbocycles. The van der Waals surface area contributed by atoms with Gasteiger partial charge in [-0.15, -0.1) is 0 Å². The zero-order valence-electron chi connectivity index (χ0n) is 13.6. The molecule has 0 unspecified atom stereocenters. The third kappa shape index (κ3) is 2.35. The first-order valence-electron chi connectivity index (χ1n) is 8.45. The summed E-state index contributed by atoms with van der Waals surface area (Å²) in [4.78, 5) is 1.53. The van der Waals surface area contributed by atoms with Gasteiger partial charge in [0.05, 0.1) is 0 Å². The molecule has 0 radical (unpaired) electrons. The van der Waals surface area contributed by atoms with Crippen molar-refractivity contribution in [3.63, 3.8) is 0 Å². The predicted molar refractivity (Wildman–Crippen MR) is 100 cm³/mol. The van der Waals surface area contributed by atoms with Crippen LogP contribution in [-0.4, -0.2) is 24.1 Å². The number of nitrogens with zero attached hydrogens (tertiary/aromatic N) is 1. The molecule has 0 amide bonds. The van der Waals surface area contributed by atoms with Gasteiger partial charge in [-0.25, -0.2) is 0 Å². The van der Waals surface area contributed by atoms with Crippen molar-refractivity contribution >= 4 is 41.7 Å². The van der Waals surface area contributed by atoms with Gasteiger partial charge < -0.3 is 0 Å². The fraction of sp³-hybridized carbons (Fsp3) is 0.421. The molecule has 114 valence electrons. The minimum Gasteiger partial charge on any atom is -0.298 e. The highest BCUT2D eigenvalue weighted by Gasteiger charge is 2.45. The molecule has 4 rings (SSSR count). The van der Waals surface area contributed by atoms with Crippen molar-refractivity contribution in [2.24, 2.45) is 0 Å². The largest absolute Gasteiger partial charge is 0.386 e. The normalized spacial score (nSPS) is 21.0. The van der Waals surface area contributed by atoms with Gasteiger partial charge in [-0.3, -0.25) is 4.24 Å². The Morgan fingerprint density at radius 1 is 0.955 bits per heavy atom. The van der Waals surface area contributed by atoms with E-state index in [2.05, 4.69) is 53.7 Å². The first-order valence-corrected chi connectivity index (χ1v) is 12.4. The Bertz CT molecular complexity index is 755.